The minimum absolute atomic E-state index is 0.129. The third-order valence-electron chi connectivity index (χ3n) is 2.03. The predicted molar refractivity (Wildman–Crippen MR) is 60.2 cm³/mol. The van der Waals surface area contributed by atoms with Gasteiger partial charge in [-0.15, -0.1) is 0 Å². The first kappa shape index (κ1) is 13.0. The summed E-state index contributed by atoms with van der Waals surface area (Å²) >= 11 is 0. The Kier molecular flexibility index (Phi) is 4.53. The highest BCUT2D eigenvalue weighted by molar-refractivity contribution is 5.93. The van der Waals surface area contributed by atoms with Gasteiger partial charge in [0.25, 0.3) is 5.69 Å². The van der Waals surface area contributed by atoms with Gasteiger partial charge in [-0.3, -0.25) is 14.9 Å². The Morgan fingerprint density at radius 3 is 2.82 bits per heavy atom. The molecule has 0 aromatic heterocycles. The molecule has 0 atom stereocenters. The molecule has 0 bridgehead atoms. The molecule has 0 saturated heterocycles. The predicted octanol–water partition coefficient (Wildman–Crippen LogP) is 1.28. The number of carbonyl (C=O) groups excluding carboxylic acids is 1. The van der Waals surface area contributed by atoms with Crippen LogP contribution < -0.4 is 10.6 Å². The van der Waals surface area contributed by atoms with Crippen molar-refractivity contribution in [3.05, 3.63) is 34.1 Å². The van der Waals surface area contributed by atoms with Gasteiger partial charge in [0, 0.05) is 25.1 Å². The van der Waals surface area contributed by atoms with Crippen LogP contribution in [0.2, 0.25) is 0 Å². The van der Waals surface area contributed by atoms with E-state index in [-0.39, 0.29) is 17.8 Å². The molecule has 0 aliphatic carbocycles. The molecule has 0 aliphatic heterocycles. The zero-order chi connectivity index (χ0) is 12.8. The fraction of sp³-hybridized carbons (Fsp3) is 0.300. The molecule has 1 rings (SSSR count). The SMILES string of the molecule is CNCCC(=O)Nc1cc(F)ccc1[N+](=O)[O-]. The molecule has 0 saturated carbocycles. The Bertz CT molecular complexity index is 437. The summed E-state index contributed by atoms with van der Waals surface area (Å²) < 4.78 is 12.9. The molecular weight excluding hydrogens is 229 g/mol. The molecule has 1 aromatic rings. The Morgan fingerprint density at radius 1 is 1.53 bits per heavy atom. The number of halogens is 1. The van der Waals surface area contributed by atoms with Crippen molar-refractivity contribution < 1.29 is 14.1 Å². The number of nitro groups is 1. The summed E-state index contributed by atoms with van der Waals surface area (Å²) in [4.78, 5) is 21.3. The quantitative estimate of drug-likeness (QED) is 0.600. The molecule has 6 nitrogen and oxygen atoms in total. The van der Waals surface area contributed by atoms with Crippen LogP contribution >= 0.6 is 0 Å². The molecule has 0 radical (unpaired) electrons. The van der Waals surface area contributed by atoms with Crippen molar-refractivity contribution in [2.24, 2.45) is 0 Å². The number of hydrogen-bond acceptors (Lipinski definition) is 4. The summed E-state index contributed by atoms with van der Waals surface area (Å²) in [6.07, 6.45) is 0.157. The van der Waals surface area contributed by atoms with E-state index < -0.39 is 16.6 Å². The molecule has 0 spiro atoms. The summed E-state index contributed by atoms with van der Waals surface area (Å²) in [5, 5.41) is 15.7. The van der Waals surface area contributed by atoms with Crippen molar-refractivity contribution in [1.82, 2.24) is 5.32 Å². The maximum absolute atomic E-state index is 12.9. The molecule has 1 amide bonds. The Labute approximate surface area is 97.0 Å². The number of nitrogens with one attached hydrogen (secondary N) is 2. The van der Waals surface area contributed by atoms with Gasteiger partial charge >= 0.3 is 0 Å². The van der Waals surface area contributed by atoms with E-state index in [1.54, 1.807) is 7.05 Å². The smallest absolute Gasteiger partial charge is 0.292 e. The van der Waals surface area contributed by atoms with Crippen LogP contribution in [0.25, 0.3) is 0 Å². The Hall–Kier alpha value is -2.02. The molecule has 0 unspecified atom stereocenters. The molecule has 2 N–H and O–H groups in total. The highest BCUT2D eigenvalue weighted by Crippen LogP contribution is 2.24. The van der Waals surface area contributed by atoms with Crippen LogP contribution in [-0.2, 0) is 4.79 Å². The number of amides is 1. The monoisotopic (exact) mass is 241 g/mol. The van der Waals surface area contributed by atoms with E-state index in [4.69, 9.17) is 0 Å². The van der Waals surface area contributed by atoms with Gasteiger partial charge in [0.2, 0.25) is 5.91 Å². The van der Waals surface area contributed by atoms with Crippen molar-refractivity contribution >= 4 is 17.3 Å². The van der Waals surface area contributed by atoms with Crippen molar-refractivity contribution in [2.75, 3.05) is 18.9 Å². The van der Waals surface area contributed by atoms with Gasteiger partial charge in [0.05, 0.1) is 4.92 Å². The highest BCUT2D eigenvalue weighted by Gasteiger charge is 2.16. The second-order valence-electron chi connectivity index (χ2n) is 3.32. The van der Waals surface area contributed by atoms with E-state index in [2.05, 4.69) is 10.6 Å². The summed E-state index contributed by atoms with van der Waals surface area (Å²) in [5.41, 5.74) is -0.458. The lowest BCUT2D eigenvalue weighted by molar-refractivity contribution is -0.384. The molecule has 0 fully saturated rings. The van der Waals surface area contributed by atoms with E-state index in [1.165, 1.54) is 0 Å². The van der Waals surface area contributed by atoms with Crippen LogP contribution in [0.3, 0.4) is 0 Å². The summed E-state index contributed by atoms with van der Waals surface area (Å²) in [7, 11) is 1.68. The molecule has 7 heteroatoms. The fourth-order valence-electron chi connectivity index (χ4n) is 1.22. The van der Waals surface area contributed by atoms with Gasteiger partial charge in [-0.25, -0.2) is 4.39 Å². The van der Waals surface area contributed by atoms with Crippen LogP contribution in [-0.4, -0.2) is 24.4 Å². The van der Waals surface area contributed by atoms with Gasteiger partial charge in [-0.05, 0) is 13.1 Å². The van der Waals surface area contributed by atoms with Crippen LogP contribution in [0.1, 0.15) is 6.42 Å². The van der Waals surface area contributed by atoms with Crippen molar-refractivity contribution in [3.8, 4) is 0 Å². The molecule has 92 valence electrons. The number of benzene rings is 1. The number of nitrogens with zero attached hydrogens (tertiary/aromatic N) is 1. The normalized spacial score (nSPS) is 10.0. The lowest BCUT2D eigenvalue weighted by Crippen LogP contribution is -2.19. The van der Waals surface area contributed by atoms with Crippen LogP contribution in [0.4, 0.5) is 15.8 Å². The van der Waals surface area contributed by atoms with Gasteiger partial charge < -0.3 is 10.6 Å². The maximum Gasteiger partial charge on any atom is 0.292 e. The minimum atomic E-state index is -0.673. The summed E-state index contributed by atoms with van der Waals surface area (Å²) in [5.74, 6) is -1.05. The van der Waals surface area contributed by atoms with Crippen molar-refractivity contribution in [1.29, 1.82) is 0 Å². The van der Waals surface area contributed by atoms with Crippen molar-refractivity contribution in [3.63, 3.8) is 0 Å². The fourth-order valence-corrected chi connectivity index (χ4v) is 1.22. The summed E-state index contributed by atoms with van der Waals surface area (Å²) in [6, 6.07) is 2.92. The number of anilines is 1. The van der Waals surface area contributed by atoms with E-state index in [1.807, 2.05) is 0 Å². The average molecular weight is 241 g/mol. The second-order valence-corrected chi connectivity index (χ2v) is 3.32. The number of rotatable bonds is 5. The number of carbonyl (C=O) groups is 1. The van der Waals surface area contributed by atoms with Gasteiger partial charge in [-0.2, -0.15) is 0 Å². The first-order valence-corrected chi connectivity index (χ1v) is 4.93. The Morgan fingerprint density at radius 2 is 2.24 bits per heavy atom. The maximum atomic E-state index is 12.9. The first-order valence-electron chi connectivity index (χ1n) is 4.93. The molecular formula is C10H12FN3O3. The van der Waals surface area contributed by atoms with Gasteiger partial charge in [-0.1, -0.05) is 0 Å². The van der Waals surface area contributed by atoms with Crippen LogP contribution in [0.15, 0.2) is 18.2 Å². The highest BCUT2D eigenvalue weighted by atomic mass is 19.1. The van der Waals surface area contributed by atoms with Gasteiger partial charge in [0.15, 0.2) is 0 Å². The topological polar surface area (TPSA) is 84.3 Å². The zero-order valence-corrected chi connectivity index (χ0v) is 9.20. The molecule has 17 heavy (non-hydrogen) atoms. The lowest BCUT2D eigenvalue weighted by atomic mass is 10.2. The number of nitro benzene ring substituents is 1. The zero-order valence-electron chi connectivity index (χ0n) is 9.20. The minimum Gasteiger partial charge on any atom is -0.320 e. The van der Waals surface area contributed by atoms with Crippen LogP contribution in [0.5, 0.6) is 0 Å². The number of hydrogen-bond donors (Lipinski definition) is 2. The van der Waals surface area contributed by atoms with Crippen molar-refractivity contribution in [2.45, 2.75) is 6.42 Å². The first-order chi connectivity index (χ1) is 8.04. The molecule has 0 aliphatic rings. The van der Waals surface area contributed by atoms with Crippen LogP contribution in [0, 0.1) is 15.9 Å². The van der Waals surface area contributed by atoms with E-state index >= 15 is 0 Å². The van der Waals surface area contributed by atoms with E-state index in [9.17, 15) is 19.3 Å². The Balaban J connectivity index is 2.85. The van der Waals surface area contributed by atoms with E-state index in [0.717, 1.165) is 18.2 Å². The summed E-state index contributed by atoms with van der Waals surface area (Å²) in [6.45, 7) is 0.439. The molecule has 1 aromatic carbocycles. The standard InChI is InChI=1S/C10H12FN3O3/c1-12-5-4-10(15)13-8-6-7(11)2-3-9(8)14(16)17/h2-3,6,12H,4-5H2,1H3,(H,13,15). The van der Waals surface area contributed by atoms with E-state index in [0.29, 0.717) is 6.54 Å². The van der Waals surface area contributed by atoms with Gasteiger partial charge in [0.1, 0.15) is 11.5 Å². The largest absolute Gasteiger partial charge is 0.320 e. The average Bonchev–Trinajstić information content (AvgIpc) is 2.26. The molecule has 0 heterocycles. The second kappa shape index (κ2) is 5.90. The lowest BCUT2D eigenvalue weighted by Gasteiger charge is -2.05. The third-order valence-corrected chi connectivity index (χ3v) is 2.03. The third kappa shape index (κ3) is 3.80.